The Morgan fingerprint density at radius 2 is 1.80 bits per heavy atom. The van der Waals surface area contributed by atoms with Gasteiger partial charge in [0.25, 0.3) is 0 Å². The van der Waals surface area contributed by atoms with Crippen molar-refractivity contribution in [3.8, 4) is 0 Å². The van der Waals surface area contributed by atoms with Crippen LogP contribution in [0.5, 0.6) is 0 Å². The van der Waals surface area contributed by atoms with Gasteiger partial charge in [0.05, 0.1) is 0 Å². The summed E-state index contributed by atoms with van der Waals surface area (Å²) in [5, 5.41) is 11.5. The van der Waals surface area contributed by atoms with Crippen LogP contribution in [-0.2, 0) is 16.1 Å². The van der Waals surface area contributed by atoms with E-state index in [4.69, 9.17) is 5.11 Å². The smallest absolute Gasteiger partial charge is 0.303 e. The summed E-state index contributed by atoms with van der Waals surface area (Å²) in [7, 11) is 0. The van der Waals surface area contributed by atoms with Crippen LogP contribution in [0.15, 0.2) is 24.3 Å². The largest absolute Gasteiger partial charge is 0.481 e. The van der Waals surface area contributed by atoms with Crippen molar-refractivity contribution in [2.45, 2.75) is 38.6 Å². The lowest BCUT2D eigenvalue weighted by molar-refractivity contribution is -0.137. The van der Waals surface area contributed by atoms with Gasteiger partial charge >= 0.3 is 5.97 Å². The minimum atomic E-state index is -0.744. The molecule has 1 aliphatic rings. The van der Waals surface area contributed by atoms with Gasteiger partial charge in [0.15, 0.2) is 0 Å². The molecule has 0 spiro atoms. The first kappa shape index (κ1) is 21.4. The Kier molecular flexibility index (Phi) is 9.45. The zero-order valence-electron chi connectivity index (χ0n) is 14.2. The summed E-state index contributed by atoms with van der Waals surface area (Å²) >= 11 is 0. The highest BCUT2D eigenvalue weighted by Crippen LogP contribution is 2.18. The Bertz CT molecular complexity index is 546. The number of aliphatic carboxylic acids is 1. The fourth-order valence-corrected chi connectivity index (χ4v) is 2.97. The molecule has 1 aromatic rings. The van der Waals surface area contributed by atoms with Crippen LogP contribution in [-0.4, -0.2) is 41.5 Å². The van der Waals surface area contributed by atoms with Crippen molar-refractivity contribution >= 4 is 24.3 Å². The molecule has 5 nitrogen and oxygen atoms in total. The van der Waals surface area contributed by atoms with Crippen molar-refractivity contribution in [2.24, 2.45) is 5.92 Å². The van der Waals surface area contributed by atoms with Crippen LogP contribution in [0.4, 0.5) is 4.39 Å². The molecule has 1 heterocycles. The van der Waals surface area contributed by atoms with Crippen LogP contribution in [0.2, 0.25) is 0 Å². The van der Waals surface area contributed by atoms with E-state index in [1.54, 1.807) is 12.1 Å². The van der Waals surface area contributed by atoms with E-state index in [1.807, 2.05) is 0 Å². The summed E-state index contributed by atoms with van der Waals surface area (Å²) in [4.78, 5) is 25.0. The van der Waals surface area contributed by atoms with Gasteiger partial charge in [-0.1, -0.05) is 12.1 Å². The molecule has 0 aromatic heterocycles. The Morgan fingerprint density at radius 3 is 2.40 bits per heavy atom. The number of carbonyl (C=O) groups excluding carboxylic acids is 1. The van der Waals surface area contributed by atoms with E-state index >= 15 is 0 Å². The van der Waals surface area contributed by atoms with Crippen molar-refractivity contribution in [2.75, 3.05) is 19.6 Å². The summed E-state index contributed by atoms with van der Waals surface area (Å²) in [6, 6.07) is 6.14. The fraction of sp³-hybridized carbons (Fsp3) is 0.556. The zero-order chi connectivity index (χ0) is 17.4. The lowest BCUT2D eigenvalue weighted by atomic mass is 9.95. The number of carboxylic acid groups (broad SMARTS) is 1. The van der Waals surface area contributed by atoms with Crippen LogP contribution in [0.25, 0.3) is 0 Å². The van der Waals surface area contributed by atoms with Crippen LogP contribution in [0.3, 0.4) is 0 Å². The van der Waals surface area contributed by atoms with Gasteiger partial charge in [-0.3, -0.25) is 9.59 Å². The van der Waals surface area contributed by atoms with Gasteiger partial charge in [-0.15, -0.1) is 12.4 Å². The maximum Gasteiger partial charge on any atom is 0.303 e. The van der Waals surface area contributed by atoms with Crippen molar-refractivity contribution < 1.29 is 19.1 Å². The highest BCUT2D eigenvalue weighted by Gasteiger charge is 2.24. The van der Waals surface area contributed by atoms with E-state index in [-0.39, 0.29) is 36.5 Å². The maximum absolute atomic E-state index is 12.8. The molecule has 1 aromatic carbocycles. The molecule has 1 fully saturated rings. The van der Waals surface area contributed by atoms with Gasteiger partial charge in [0.2, 0.25) is 5.91 Å². The summed E-state index contributed by atoms with van der Waals surface area (Å²) in [6.07, 6.45) is 3.46. The normalized spacial score (nSPS) is 15.4. The van der Waals surface area contributed by atoms with Gasteiger partial charge in [0, 0.05) is 18.9 Å². The van der Waals surface area contributed by atoms with Gasteiger partial charge in [-0.05, 0) is 63.0 Å². The highest BCUT2D eigenvalue weighted by molar-refractivity contribution is 5.85. The Balaban J connectivity index is 0.00000312. The number of hydrogen-bond donors (Lipinski definition) is 2. The fourth-order valence-electron chi connectivity index (χ4n) is 2.97. The predicted octanol–water partition coefficient (Wildman–Crippen LogP) is 2.83. The number of carboxylic acids is 1. The van der Waals surface area contributed by atoms with E-state index < -0.39 is 5.97 Å². The lowest BCUT2D eigenvalue weighted by Crippen LogP contribution is -2.40. The first-order valence-electron chi connectivity index (χ1n) is 8.51. The zero-order valence-corrected chi connectivity index (χ0v) is 15.1. The second-order valence-electron chi connectivity index (χ2n) is 6.31. The third-order valence-corrected chi connectivity index (χ3v) is 4.45. The van der Waals surface area contributed by atoms with E-state index in [1.165, 1.54) is 12.1 Å². The second kappa shape index (κ2) is 11.1. The summed E-state index contributed by atoms with van der Waals surface area (Å²) in [5.41, 5.74) is 0.889. The van der Waals surface area contributed by atoms with E-state index in [0.717, 1.165) is 44.5 Å². The minimum Gasteiger partial charge on any atom is -0.481 e. The van der Waals surface area contributed by atoms with E-state index in [9.17, 15) is 14.0 Å². The summed E-state index contributed by atoms with van der Waals surface area (Å²) in [5.74, 6) is -0.932. The van der Waals surface area contributed by atoms with Crippen LogP contribution < -0.4 is 5.32 Å². The third kappa shape index (κ3) is 7.84. The van der Waals surface area contributed by atoms with Gasteiger partial charge in [-0.2, -0.15) is 0 Å². The molecular weight excluding hydrogens is 347 g/mol. The maximum atomic E-state index is 12.8. The molecule has 2 rings (SSSR count). The average Bonchev–Trinajstić information content (AvgIpc) is 2.58. The molecular formula is C18H26ClFN2O3. The summed E-state index contributed by atoms with van der Waals surface area (Å²) < 4.78 is 12.8. The number of nitrogens with one attached hydrogen (secondary N) is 1. The van der Waals surface area contributed by atoms with Crippen molar-refractivity contribution in [3.05, 3.63) is 35.6 Å². The molecule has 0 unspecified atom stereocenters. The molecule has 1 saturated heterocycles. The number of nitrogens with zero attached hydrogens (tertiary/aromatic N) is 1. The Morgan fingerprint density at radius 1 is 1.16 bits per heavy atom. The topological polar surface area (TPSA) is 69.6 Å². The van der Waals surface area contributed by atoms with Crippen molar-refractivity contribution in [3.63, 3.8) is 0 Å². The van der Waals surface area contributed by atoms with Crippen molar-refractivity contribution in [1.82, 2.24) is 10.2 Å². The van der Waals surface area contributed by atoms with Crippen LogP contribution in [0.1, 0.15) is 37.7 Å². The molecule has 7 heteroatoms. The van der Waals surface area contributed by atoms with Crippen LogP contribution >= 0.6 is 12.4 Å². The number of halogens is 2. The van der Waals surface area contributed by atoms with Gasteiger partial charge < -0.3 is 15.3 Å². The molecule has 0 bridgehead atoms. The SMILES string of the molecule is Cl.O=C(O)CCCCN1CCC(C(=O)NCc2ccc(F)cc2)CC1. The monoisotopic (exact) mass is 372 g/mol. The van der Waals surface area contributed by atoms with Crippen LogP contribution in [0, 0.1) is 11.7 Å². The molecule has 140 valence electrons. The standard InChI is InChI=1S/C18H25FN2O3.ClH/c19-16-6-4-14(5-7-16)13-20-18(24)15-8-11-21(12-9-15)10-2-1-3-17(22)23;/h4-7,15H,1-3,8-13H2,(H,20,24)(H,22,23);1H. The number of hydrogen-bond acceptors (Lipinski definition) is 3. The highest BCUT2D eigenvalue weighted by atomic mass is 35.5. The predicted molar refractivity (Wildman–Crippen MR) is 96.1 cm³/mol. The number of carbonyl (C=O) groups is 2. The van der Waals surface area contributed by atoms with E-state index in [2.05, 4.69) is 10.2 Å². The second-order valence-corrected chi connectivity index (χ2v) is 6.31. The van der Waals surface area contributed by atoms with Gasteiger partial charge in [-0.25, -0.2) is 4.39 Å². The number of likely N-dealkylation sites (tertiary alicyclic amines) is 1. The van der Waals surface area contributed by atoms with Gasteiger partial charge in [0.1, 0.15) is 5.82 Å². The number of benzene rings is 1. The molecule has 0 atom stereocenters. The first-order valence-corrected chi connectivity index (χ1v) is 8.51. The Labute approximate surface area is 154 Å². The molecule has 25 heavy (non-hydrogen) atoms. The number of piperidine rings is 1. The third-order valence-electron chi connectivity index (χ3n) is 4.45. The lowest BCUT2D eigenvalue weighted by Gasteiger charge is -2.31. The molecule has 0 aliphatic carbocycles. The Hall–Kier alpha value is -1.66. The minimum absolute atomic E-state index is 0. The molecule has 1 aliphatic heterocycles. The van der Waals surface area contributed by atoms with E-state index in [0.29, 0.717) is 13.0 Å². The quantitative estimate of drug-likeness (QED) is 0.688. The average molecular weight is 373 g/mol. The number of unbranched alkanes of at least 4 members (excludes halogenated alkanes) is 1. The molecule has 0 radical (unpaired) electrons. The summed E-state index contributed by atoms with van der Waals surface area (Å²) in [6.45, 7) is 3.08. The molecule has 1 amide bonds. The molecule has 2 N–H and O–H groups in total. The van der Waals surface area contributed by atoms with Crippen molar-refractivity contribution in [1.29, 1.82) is 0 Å². The first-order chi connectivity index (χ1) is 11.5. The number of amides is 1. The number of rotatable bonds is 8. The molecule has 0 saturated carbocycles.